The van der Waals surface area contributed by atoms with Gasteiger partial charge in [0.1, 0.15) is 0 Å². The number of hydrogen-bond acceptors (Lipinski definition) is 2. The van der Waals surface area contributed by atoms with Gasteiger partial charge in [-0.05, 0) is 30.9 Å². The number of carbonyl (C=O) groups is 2. The van der Waals surface area contributed by atoms with Crippen molar-refractivity contribution in [3.05, 3.63) is 30.3 Å². The first-order valence-electron chi connectivity index (χ1n) is 8.84. The lowest BCUT2D eigenvalue weighted by Gasteiger charge is -2.21. The van der Waals surface area contributed by atoms with E-state index < -0.39 is 0 Å². The van der Waals surface area contributed by atoms with E-state index in [0.717, 1.165) is 5.69 Å². The number of benzene rings is 1. The van der Waals surface area contributed by atoms with Crippen LogP contribution in [0.15, 0.2) is 30.3 Å². The van der Waals surface area contributed by atoms with Gasteiger partial charge < -0.3 is 10.2 Å². The molecule has 2 fully saturated rings. The summed E-state index contributed by atoms with van der Waals surface area (Å²) >= 11 is 0. The van der Waals surface area contributed by atoms with Crippen LogP contribution in [-0.4, -0.2) is 24.9 Å². The summed E-state index contributed by atoms with van der Waals surface area (Å²) in [5, 5.41) is 3.05. The normalized spacial score (nSPS) is 22.3. The fraction of sp³-hybridized carbons (Fsp3) is 0.579. The van der Waals surface area contributed by atoms with Gasteiger partial charge in [-0.15, -0.1) is 0 Å². The molecule has 1 unspecified atom stereocenters. The molecule has 1 aliphatic carbocycles. The van der Waals surface area contributed by atoms with Crippen LogP contribution in [-0.2, 0) is 9.59 Å². The van der Waals surface area contributed by atoms with Crippen molar-refractivity contribution < 1.29 is 9.59 Å². The van der Waals surface area contributed by atoms with Crippen LogP contribution in [0.2, 0.25) is 0 Å². The van der Waals surface area contributed by atoms with Crippen LogP contribution >= 0.6 is 0 Å². The average molecular weight is 314 g/mol. The highest BCUT2D eigenvalue weighted by molar-refractivity contribution is 5.95. The van der Waals surface area contributed by atoms with Gasteiger partial charge in [-0.3, -0.25) is 9.59 Å². The van der Waals surface area contributed by atoms with E-state index in [1.807, 2.05) is 35.2 Å². The second kappa shape index (κ2) is 7.62. The Bertz CT molecular complexity index is 538. The molecule has 1 aromatic rings. The zero-order chi connectivity index (χ0) is 16.1. The van der Waals surface area contributed by atoms with Gasteiger partial charge in [0.2, 0.25) is 11.8 Å². The molecule has 1 N–H and O–H groups in total. The number of para-hydroxylation sites is 1. The molecule has 4 heteroatoms. The van der Waals surface area contributed by atoms with Crippen LogP contribution in [0.4, 0.5) is 5.69 Å². The van der Waals surface area contributed by atoms with Gasteiger partial charge in [-0.2, -0.15) is 0 Å². The van der Waals surface area contributed by atoms with Crippen LogP contribution in [0.25, 0.3) is 0 Å². The van der Waals surface area contributed by atoms with Crippen molar-refractivity contribution >= 4 is 17.5 Å². The van der Waals surface area contributed by atoms with Crippen LogP contribution in [0.3, 0.4) is 0 Å². The third-order valence-corrected chi connectivity index (χ3v) is 5.06. The Morgan fingerprint density at radius 2 is 1.83 bits per heavy atom. The highest BCUT2D eigenvalue weighted by Crippen LogP contribution is 2.27. The van der Waals surface area contributed by atoms with E-state index in [-0.39, 0.29) is 17.7 Å². The quantitative estimate of drug-likeness (QED) is 0.908. The molecule has 0 aromatic heterocycles. The molecule has 0 radical (unpaired) electrons. The first-order chi connectivity index (χ1) is 11.2. The Kier molecular flexibility index (Phi) is 5.31. The summed E-state index contributed by atoms with van der Waals surface area (Å²) in [5.41, 5.74) is 0.952. The summed E-state index contributed by atoms with van der Waals surface area (Å²) in [4.78, 5) is 26.1. The highest BCUT2D eigenvalue weighted by Gasteiger charge is 2.30. The van der Waals surface area contributed by atoms with Crippen LogP contribution < -0.4 is 10.2 Å². The molecule has 0 bridgehead atoms. The van der Waals surface area contributed by atoms with Crippen molar-refractivity contribution in [3.63, 3.8) is 0 Å². The lowest BCUT2D eigenvalue weighted by atomic mass is 9.87. The van der Waals surface area contributed by atoms with Gasteiger partial charge in [0.15, 0.2) is 0 Å². The third-order valence-electron chi connectivity index (χ3n) is 5.06. The molecule has 3 rings (SSSR count). The molecular weight excluding hydrogens is 288 g/mol. The second-order valence-corrected chi connectivity index (χ2v) is 6.92. The summed E-state index contributed by atoms with van der Waals surface area (Å²) in [6.07, 6.45) is 7.41. The van der Waals surface area contributed by atoms with E-state index in [1.54, 1.807) is 0 Å². The largest absolute Gasteiger partial charge is 0.356 e. The molecule has 1 atom stereocenters. The molecule has 1 saturated heterocycles. The van der Waals surface area contributed by atoms with Crippen molar-refractivity contribution in [2.45, 2.75) is 44.9 Å². The maximum Gasteiger partial charge on any atom is 0.227 e. The van der Waals surface area contributed by atoms with Gasteiger partial charge in [-0.1, -0.05) is 37.5 Å². The van der Waals surface area contributed by atoms with E-state index in [9.17, 15) is 9.59 Å². The zero-order valence-corrected chi connectivity index (χ0v) is 13.7. The lowest BCUT2D eigenvalue weighted by molar-refractivity contribution is -0.122. The molecule has 1 aromatic carbocycles. The van der Waals surface area contributed by atoms with Crippen LogP contribution in [0, 0.1) is 11.8 Å². The predicted molar refractivity (Wildman–Crippen MR) is 91.1 cm³/mol. The molecular formula is C19H26N2O2. The van der Waals surface area contributed by atoms with Crippen molar-refractivity contribution in [3.8, 4) is 0 Å². The Hall–Kier alpha value is -1.84. The number of anilines is 1. The maximum absolute atomic E-state index is 12.2. The summed E-state index contributed by atoms with van der Waals surface area (Å²) in [6, 6.07) is 9.76. The average Bonchev–Trinajstić information content (AvgIpc) is 2.96. The molecule has 1 aliphatic heterocycles. The first-order valence-corrected chi connectivity index (χ1v) is 8.84. The van der Waals surface area contributed by atoms with Crippen LogP contribution in [0.5, 0.6) is 0 Å². The molecule has 124 valence electrons. The minimum Gasteiger partial charge on any atom is -0.356 e. The van der Waals surface area contributed by atoms with Gasteiger partial charge in [0.25, 0.3) is 0 Å². The summed E-state index contributed by atoms with van der Waals surface area (Å²) < 4.78 is 0. The zero-order valence-electron chi connectivity index (χ0n) is 13.7. The van der Waals surface area contributed by atoms with E-state index in [4.69, 9.17) is 0 Å². The smallest absolute Gasteiger partial charge is 0.227 e. The van der Waals surface area contributed by atoms with Gasteiger partial charge in [0.05, 0.1) is 0 Å². The van der Waals surface area contributed by atoms with Crippen molar-refractivity contribution in [1.29, 1.82) is 0 Å². The fourth-order valence-electron chi connectivity index (χ4n) is 3.76. The first kappa shape index (κ1) is 16.0. The fourth-order valence-corrected chi connectivity index (χ4v) is 3.76. The number of carbonyl (C=O) groups excluding carboxylic acids is 2. The molecule has 1 saturated carbocycles. The van der Waals surface area contributed by atoms with E-state index in [0.29, 0.717) is 31.8 Å². The topological polar surface area (TPSA) is 49.4 Å². The minimum atomic E-state index is 0.155. The Labute approximate surface area is 138 Å². The second-order valence-electron chi connectivity index (χ2n) is 6.92. The monoisotopic (exact) mass is 314 g/mol. The van der Waals surface area contributed by atoms with E-state index in [2.05, 4.69) is 5.32 Å². The highest BCUT2D eigenvalue weighted by atomic mass is 16.2. The number of amides is 2. The predicted octanol–water partition coefficient (Wildman–Crippen LogP) is 3.13. The standard InChI is InChI=1S/C19H26N2O2/c22-18(11-15-7-3-1-4-8-15)20-13-16-12-19(23)21(14-16)17-9-5-2-6-10-17/h2,5-6,9-10,15-16H,1,3-4,7-8,11-14H2,(H,20,22). The molecule has 2 aliphatic rings. The number of nitrogens with one attached hydrogen (secondary N) is 1. The van der Waals surface area contributed by atoms with Crippen LogP contribution in [0.1, 0.15) is 44.9 Å². The van der Waals surface area contributed by atoms with Gasteiger partial charge >= 0.3 is 0 Å². The number of hydrogen-bond donors (Lipinski definition) is 1. The number of rotatable bonds is 5. The summed E-state index contributed by atoms with van der Waals surface area (Å²) in [5.74, 6) is 1.10. The van der Waals surface area contributed by atoms with Crippen molar-refractivity contribution in [1.82, 2.24) is 5.32 Å². The summed E-state index contributed by atoms with van der Waals surface area (Å²) in [6.45, 7) is 1.31. The third kappa shape index (κ3) is 4.34. The Balaban J connectivity index is 1.44. The van der Waals surface area contributed by atoms with Gasteiger partial charge in [-0.25, -0.2) is 0 Å². The summed E-state index contributed by atoms with van der Waals surface area (Å²) in [7, 11) is 0. The Morgan fingerprint density at radius 1 is 1.09 bits per heavy atom. The van der Waals surface area contributed by atoms with E-state index >= 15 is 0 Å². The molecule has 0 spiro atoms. The molecule has 4 nitrogen and oxygen atoms in total. The SMILES string of the molecule is O=C(CC1CCCCC1)NCC1CC(=O)N(c2ccccc2)C1. The molecule has 23 heavy (non-hydrogen) atoms. The van der Waals surface area contributed by atoms with Gasteiger partial charge in [0, 0.05) is 37.5 Å². The minimum absolute atomic E-state index is 0.155. The van der Waals surface area contributed by atoms with E-state index in [1.165, 1.54) is 32.1 Å². The van der Waals surface area contributed by atoms with Crippen molar-refractivity contribution in [2.75, 3.05) is 18.0 Å². The number of nitrogens with zero attached hydrogens (tertiary/aromatic N) is 1. The van der Waals surface area contributed by atoms with Crippen molar-refractivity contribution in [2.24, 2.45) is 11.8 Å². The molecule has 2 amide bonds. The Morgan fingerprint density at radius 3 is 2.57 bits per heavy atom. The maximum atomic E-state index is 12.2. The molecule has 1 heterocycles. The lowest BCUT2D eigenvalue weighted by Crippen LogP contribution is -2.32.